The Hall–Kier alpha value is -4.31. The van der Waals surface area contributed by atoms with E-state index in [9.17, 15) is 51.4 Å². The van der Waals surface area contributed by atoms with E-state index in [1.54, 1.807) is 0 Å². The fourth-order valence-corrected chi connectivity index (χ4v) is 2.00. The summed E-state index contributed by atoms with van der Waals surface area (Å²) in [5.74, 6) is -4.76. The molecule has 11 nitrogen and oxygen atoms in total. The zero-order chi connectivity index (χ0) is 24.3. The minimum Gasteiger partial charge on any atom is -0.402 e. The fraction of sp³-hybridized carbons (Fsp3) is 0.133. The monoisotopic (exact) mass is 472 g/mol. The smallest absolute Gasteiger partial charge is 0.402 e. The van der Waals surface area contributed by atoms with E-state index in [0.717, 1.165) is 0 Å². The van der Waals surface area contributed by atoms with Gasteiger partial charge in [0.2, 0.25) is 0 Å². The highest BCUT2D eigenvalue weighted by Gasteiger charge is 2.35. The molecule has 0 radical (unpaired) electrons. The Kier molecular flexibility index (Phi) is 6.60. The Balaban J connectivity index is 2.32. The number of hydrogen-bond donors (Lipinski definition) is 0. The Bertz CT molecular complexity index is 973. The van der Waals surface area contributed by atoms with Gasteiger partial charge in [-0.15, -0.1) is 26.3 Å². The number of halogens is 6. The molecule has 172 valence electrons. The lowest BCUT2D eigenvalue weighted by atomic mass is 10.3. The van der Waals surface area contributed by atoms with E-state index in [1.165, 1.54) is 0 Å². The number of carbonyl (C=O) groups is 1. The van der Waals surface area contributed by atoms with Crippen LogP contribution in [-0.4, -0.2) is 28.7 Å². The maximum Gasteiger partial charge on any atom is 0.573 e. The third-order valence-corrected chi connectivity index (χ3v) is 3.11. The van der Waals surface area contributed by atoms with Crippen molar-refractivity contribution in [3.05, 3.63) is 56.6 Å². The molecule has 0 bridgehead atoms. The fourth-order valence-electron chi connectivity index (χ4n) is 2.00. The lowest BCUT2D eigenvalue weighted by Crippen LogP contribution is -2.21. The predicted octanol–water partition coefficient (Wildman–Crippen LogP) is 4.88. The summed E-state index contributed by atoms with van der Waals surface area (Å²) in [6.07, 6.45) is -12.6. The molecular weight excluding hydrogens is 466 g/mol. The van der Waals surface area contributed by atoms with E-state index in [-0.39, 0.29) is 12.1 Å². The summed E-state index contributed by atoms with van der Waals surface area (Å²) in [6, 6.07) is 2.86. The van der Waals surface area contributed by atoms with Crippen LogP contribution in [0.1, 0.15) is 0 Å². The maximum absolute atomic E-state index is 12.5. The molecule has 0 atom stereocenters. The number of hydrogen-bond acceptors (Lipinski definition) is 9. The second-order valence-electron chi connectivity index (χ2n) is 5.33. The molecule has 0 spiro atoms. The van der Waals surface area contributed by atoms with Gasteiger partial charge < -0.3 is 18.9 Å². The highest BCUT2D eigenvalue weighted by Crippen LogP contribution is 2.38. The molecule has 0 aliphatic rings. The van der Waals surface area contributed by atoms with Crippen LogP contribution in [0, 0.1) is 20.2 Å². The first-order valence-corrected chi connectivity index (χ1v) is 7.62. The van der Waals surface area contributed by atoms with Gasteiger partial charge in [0, 0.05) is 12.1 Å². The van der Waals surface area contributed by atoms with Crippen LogP contribution in [0.15, 0.2) is 36.4 Å². The van der Waals surface area contributed by atoms with Crippen LogP contribution in [-0.2, 0) is 0 Å². The Morgan fingerprint density at radius 1 is 0.688 bits per heavy atom. The van der Waals surface area contributed by atoms with Crippen molar-refractivity contribution >= 4 is 17.5 Å². The number of nitrogens with zero attached hydrogens (tertiary/aromatic N) is 2. The number of nitro groups is 2. The molecule has 0 fully saturated rings. The van der Waals surface area contributed by atoms with E-state index in [2.05, 4.69) is 18.9 Å². The summed E-state index contributed by atoms with van der Waals surface area (Å²) in [4.78, 5) is 31.1. The lowest BCUT2D eigenvalue weighted by molar-refractivity contribution is -0.385. The predicted molar refractivity (Wildman–Crippen MR) is 86.2 cm³/mol. The SMILES string of the molecule is O=C(Oc1ccc([N+](=O)[O-])cc1OC(F)(F)F)Oc1ccc([N+](=O)[O-])cc1OC(F)(F)F. The van der Waals surface area contributed by atoms with E-state index >= 15 is 0 Å². The summed E-state index contributed by atoms with van der Waals surface area (Å²) >= 11 is 0. The molecule has 0 heterocycles. The average Bonchev–Trinajstić information content (AvgIpc) is 2.61. The summed E-state index contributed by atoms with van der Waals surface area (Å²) in [6.45, 7) is 0. The van der Waals surface area contributed by atoms with Crippen LogP contribution in [0.3, 0.4) is 0 Å². The van der Waals surface area contributed by atoms with Crippen molar-refractivity contribution in [1.29, 1.82) is 0 Å². The van der Waals surface area contributed by atoms with E-state index in [0.29, 0.717) is 24.3 Å². The van der Waals surface area contributed by atoms with Crippen molar-refractivity contribution in [3.8, 4) is 23.0 Å². The molecule has 0 aliphatic heterocycles. The van der Waals surface area contributed by atoms with Gasteiger partial charge in [-0.05, 0) is 12.1 Å². The van der Waals surface area contributed by atoms with Crippen molar-refractivity contribution in [1.82, 2.24) is 0 Å². The normalized spacial score (nSPS) is 11.4. The third-order valence-electron chi connectivity index (χ3n) is 3.11. The van der Waals surface area contributed by atoms with Crippen molar-refractivity contribution in [2.75, 3.05) is 0 Å². The average molecular weight is 472 g/mol. The Labute approximate surface area is 170 Å². The number of benzene rings is 2. The largest absolute Gasteiger partial charge is 0.573 e. The van der Waals surface area contributed by atoms with Gasteiger partial charge >= 0.3 is 18.9 Å². The van der Waals surface area contributed by atoms with Crippen LogP contribution in [0.4, 0.5) is 42.5 Å². The molecular formula is C15H6F6N2O9. The molecule has 2 aromatic rings. The molecule has 2 rings (SSSR count). The quantitative estimate of drug-likeness (QED) is 0.189. The van der Waals surface area contributed by atoms with Crippen LogP contribution in [0.25, 0.3) is 0 Å². The summed E-state index contributed by atoms with van der Waals surface area (Å²) < 4.78 is 90.9. The van der Waals surface area contributed by atoms with Crippen LogP contribution in [0.2, 0.25) is 0 Å². The number of nitro benzene ring substituents is 2. The molecule has 0 saturated carbocycles. The van der Waals surface area contributed by atoms with Gasteiger partial charge in [0.15, 0.2) is 23.0 Å². The zero-order valence-corrected chi connectivity index (χ0v) is 14.8. The Morgan fingerprint density at radius 2 is 1.03 bits per heavy atom. The Morgan fingerprint density at radius 3 is 1.31 bits per heavy atom. The number of carbonyl (C=O) groups excluding carboxylic acids is 1. The van der Waals surface area contributed by atoms with Gasteiger partial charge in [0.1, 0.15) is 0 Å². The van der Waals surface area contributed by atoms with Crippen LogP contribution < -0.4 is 18.9 Å². The topological polar surface area (TPSA) is 140 Å². The number of ether oxygens (including phenoxy) is 4. The maximum atomic E-state index is 12.5. The minimum atomic E-state index is -5.36. The first-order valence-electron chi connectivity index (χ1n) is 7.62. The molecule has 0 unspecified atom stereocenters. The van der Waals surface area contributed by atoms with Gasteiger partial charge in [-0.2, -0.15) is 0 Å². The van der Waals surface area contributed by atoms with Crippen molar-refractivity contribution in [3.63, 3.8) is 0 Å². The van der Waals surface area contributed by atoms with Gasteiger partial charge in [-0.25, -0.2) is 4.79 Å². The van der Waals surface area contributed by atoms with Gasteiger partial charge in [0.05, 0.1) is 22.0 Å². The van der Waals surface area contributed by atoms with E-state index < -0.39 is 63.1 Å². The van der Waals surface area contributed by atoms with E-state index in [1.807, 2.05) is 0 Å². The second-order valence-corrected chi connectivity index (χ2v) is 5.33. The molecule has 17 heteroatoms. The zero-order valence-electron chi connectivity index (χ0n) is 14.8. The number of alkyl halides is 6. The van der Waals surface area contributed by atoms with Gasteiger partial charge in [0.25, 0.3) is 11.4 Å². The molecule has 32 heavy (non-hydrogen) atoms. The summed E-state index contributed by atoms with van der Waals surface area (Å²) in [5.41, 5.74) is -1.75. The molecule has 0 saturated heterocycles. The number of rotatable bonds is 6. The molecule has 2 aromatic carbocycles. The summed E-state index contributed by atoms with van der Waals surface area (Å²) in [5, 5.41) is 21.4. The van der Waals surface area contributed by atoms with Crippen molar-refractivity contribution < 1.29 is 59.9 Å². The lowest BCUT2D eigenvalue weighted by Gasteiger charge is -2.14. The standard InChI is InChI=1S/C15H6F6N2O9/c16-14(17,18)31-11-5-7(22(25)26)1-3-9(11)29-13(24)30-10-4-2-8(23(27)28)6-12(10)32-15(19,20)21/h1-6H. The first kappa shape index (κ1) is 24.0. The molecule has 0 amide bonds. The van der Waals surface area contributed by atoms with Crippen molar-refractivity contribution in [2.45, 2.75) is 12.7 Å². The molecule has 0 aromatic heterocycles. The summed E-state index contributed by atoms with van der Waals surface area (Å²) in [7, 11) is 0. The van der Waals surface area contributed by atoms with Crippen LogP contribution >= 0.6 is 0 Å². The van der Waals surface area contributed by atoms with Crippen molar-refractivity contribution in [2.24, 2.45) is 0 Å². The second kappa shape index (κ2) is 8.82. The molecule has 0 N–H and O–H groups in total. The van der Waals surface area contributed by atoms with Crippen LogP contribution in [0.5, 0.6) is 23.0 Å². The number of non-ortho nitro benzene ring substituents is 2. The van der Waals surface area contributed by atoms with Gasteiger partial charge in [-0.1, -0.05) is 0 Å². The highest BCUT2D eigenvalue weighted by atomic mass is 19.4. The molecule has 0 aliphatic carbocycles. The third kappa shape index (κ3) is 6.89. The highest BCUT2D eigenvalue weighted by molar-refractivity contribution is 5.70. The van der Waals surface area contributed by atoms with Gasteiger partial charge in [-0.3, -0.25) is 20.2 Å². The minimum absolute atomic E-state index is 0.264. The first-order chi connectivity index (χ1) is 14.6. The van der Waals surface area contributed by atoms with E-state index in [4.69, 9.17) is 0 Å².